The molecule has 0 aromatic rings. The number of imide groups is 1. The minimum absolute atomic E-state index is 0.0183. The van der Waals surface area contributed by atoms with Gasteiger partial charge in [-0.15, -0.1) is 0 Å². The number of Topliss-reactive ketones (excluding diaryl/α,β-unsaturated/α-hetero) is 1. The zero-order valence-electron chi connectivity index (χ0n) is 11.4. The van der Waals surface area contributed by atoms with E-state index in [1.54, 1.807) is 0 Å². The number of rotatable bonds is 3. The van der Waals surface area contributed by atoms with Crippen molar-refractivity contribution in [2.45, 2.75) is 45.4 Å². The van der Waals surface area contributed by atoms with Gasteiger partial charge in [0.15, 0.2) is 0 Å². The first-order valence-electron chi connectivity index (χ1n) is 7.46. The molecule has 0 N–H and O–H groups in total. The fourth-order valence-electron chi connectivity index (χ4n) is 4.04. The summed E-state index contributed by atoms with van der Waals surface area (Å²) in [5, 5.41) is 0. The van der Waals surface area contributed by atoms with E-state index in [2.05, 4.69) is 6.92 Å². The molecule has 4 heteroatoms. The van der Waals surface area contributed by atoms with E-state index >= 15 is 0 Å². The van der Waals surface area contributed by atoms with Gasteiger partial charge in [-0.05, 0) is 38.0 Å². The molecule has 0 spiro atoms. The van der Waals surface area contributed by atoms with E-state index in [1.165, 1.54) is 4.90 Å². The predicted octanol–water partition coefficient (Wildman–Crippen LogP) is 1.78. The predicted molar refractivity (Wildman–Crippen MR) is 69.1 cm³/mol. The molecule has 0 bridgehead atoms. The number of hydrogen-bond donors (Lipinski definition) is 0. The molecule has 3 aliphatic rings. The van der Waals surface area contributed by atoms with Crippen molar-refractivity contribution in [3.05, 3.63) is 0 Å². The zero-order chi connectivity index (χ0) is 13.6. The quantitative estimate of drug-likeness (QED) is 0.729. The number of likely N-dealkylation sites (tertiary alicyclic amines) is 1. The Balaban J connectivity index is 1.62. The first kappa shape index (κ1) is 12.8. The Hall–Kier alpha value is -1.19. The van der Waals surface area contributed by atoms with Crippen molar-refractivity contribution in [2.75, 3.05) is 6.54 Å². The summed E-state index contributed by atoms with van der Waals surface area (Å²) < 4.78 is 0. The molecule has 0 aromatic heterocycles. The van der Waals surface area contributed by atoms with Crippen molar-refractivity contribution in [1.29, 1.82) is 0 Å². The van der Waals surface area contributed by atoms with Crippen LogP contribution in [-0.4, -0.2) is 29.0 Å². The molecule has 2 aliphatic carbocycles. The molecule has 3 rings (SSSR count). The summed E-state index contributed by atoms with van der Waals surface area (Å²) in [6.45, 7) is 2.57. The Morgan fingerprint density at radius 2 is 1.74 bits per heavy atom. The minimum Gasteiger partial charge on any atom is -0.299 e. The molecule has 4 nitrogen and oxygen atoms in total. The lowest BCUT2D eigenvalue weighted by molar-refractivity contribution is -0.141. The first-order chi connectivity index (χ1) is 9.08. The van der Waals surface area contributed by atoms with E-state index < -0.39 is 0 Å². The maximum Gasteiger partial charge on any atom is 0.233 e. The highest BCUT2D eigenvalue weighted by atomic mass is 16.2. The lowest BCUT2D eigenvalue weighted by atomic mass is 10.00. The van der Waals surface area contributed by atoms with E-state index in [9.17, 15) is 14.4 Å². The number of fused-ring (bicyclic) bond motifs is 1. The van der Waals surface area contributed by atoms with Crippen LogP contribution >= 0.6 is 0 Å². The highest BCUT2D eigenvalue weighted by Gasteiger charge is 2.51. The van der Waals surface area contributed by atoms with Crippen molar-refractivity contribution in [1.82, 2.24) is 4.90 Å². The topological polar surface area (TPSA) is 54.5 Å². The number of carbonyl (C=O) groups excluding carboxylic acids is 3. The number of carbonyl (C=O) groups is 3. The van der Waals surface area contributed by atoms with E-state index in [4.69, 9.17) is 0 Å². The fourth-order valence-corrected chi connectivity index (χ4v) is 4.04. The van der Waals surface area contributed by atoms with Gasteiger partial charge in [-0.3, -0.25) is 19.3 Å². The molecule has 0 aromatic carbocycles. The van der Waals surface area contributed by atoms with Crippen molar-refractivity contribution >= 4 is 17.6 Å². The summed E-state index contributed by atoms with van der Waals surface area (Å²) in [4.78, 5) is 37.5. The van der Waals surface area contributed by atoms with Crippen LogP contribution in [0.4, 0.5) is 0 Å². The van der Waals surface area contributed by atoms with Gasteiger partial charge in [-0.25, -0.2) is 0 Å². The van der Waals surface area contributed by atoms with Crippen LogP contribution < -0.4 is 0 Å². The van der Waals surface area contributed by atoms with Gasteiger partial charge < -0.3 is 0 Å². The highest BCUT2D eigenvalue weighted by Crippen LogP contribution is 2.43. The third-order valence-corrected chi connectivity index (χ3v) is 5.10. The summed E-state index contributed by atoms with van der Waals surface area (Å²) in [7, 11) is 0. The summed E-state index contributed by atoms with van der Waals surface area (Å²) in [6.07, 6.45) is 4.95. The molecule has 0 radical (unpaired) electrons. The van der Waals surface area contributed by atoms with Crippen LogP contribution in [-0.2, 0) is 14.4 Å². The Morgan fingerprint density at radius 3 is 2.26 bits per heavy atom. The third-order valence-electron chi connectivity index (χ3n) is 5.10. The number of amides is 2. The lowest BCUT2D eigenvalue weighted by Crippen LogP contribution is -2.34. The molecule has 2 amide bonds. The molecule has 104 valence electrons. The van der Waals surface area contributed by atoms with Gasteiger partial charge >= 0.3 is 0 Å². The van der Waals surface area contributed by atoms with Crippen molar-refractivity contribution in [3.8, 4) is 0 Å². The van der Waals surface area contributed by atoms with Crippen molar-refractivity contribution in [3.63, 3.8) is 0 Å². The molecular weight excluding hydrogens is 242 g/mol. The molecular formula is C15H21NO3. The Morgan fingerprint density at radius 1 is 1.11 bits per heavy atom. The maximum absolute atomic E-state index is 12.2. The third kappa shape index (κ3) is 2.11. The molecule has 19 heavy (non-hydrogen) atoms. The normalized spacial score (nSPS) is 38.4. The van der Waals surface area contributed by atoms with Gasteiger partial charge in [0, 0.05) is 18.9 Å². The monoisotopic (exact) mass is 263 g/mol. The van der Waals surface area contributed by atoms with Crippen LogP contribution in [0.5, 0.6) is 0 Å². The Labute approximate surface area is 113 Å². The molecule has 3 unspecified atom stereocenters. The molecule has 3 atom stereocenters. The largest absolute Gasteiger partial charge is 0.299 e. The van der Waals surface area contributed by atoms with E-state index in [0.717, 1.165) is 25.7 Å². The second-order valence-corrected chi connectivity index (χ2v) is 6.46. The summed E-state index contributed by atoms with van der Waals surface area (Å²) in [6, 6.07) is 0. The van der Waals surface area contributed by atoms with Crippen molar-refractivity contribution in [2.24, 2.45) is 23.7 Å². The smallest absolute Gasteiger partial charge is 0.233 e. The first-order valence-corrected chi connectivity index (χ1v) is 7.46. The molecule has 1 heterocycles. The van der Waals surface area contributed by atoms with Gasteiger partial charge in [0.25, 0.3) is 0 Å². The molecule has 1 aliphatic heterocycles. The molecule has 3 fully saturated rings. The standard InChI is InChI=1S/C15H21NO3/c1-9-7-11-12(8-9)15(19)16(14(11)18)6-5-10-3-2-4-13(10)17/h9-12H,2-8H2,1H3. The zero-order valence-corrected chi connectivity index (χ0v) is 11.4. The van der Waals surface area contributed by atoms with E-state index in [1.807, 2.05) is 0 Å². The van der Waals surface area contributed by atoms with E-state index in [-0.39, 0.29) is 29.6 Å². The van der Waals surface area contributed by atoms with Crippen molar-refractivity contribution < 1.29 is 14.4 Å². The Bertz CT molecular complexity index is 407. The number of nitrogens with zero attached hydrogens (tertiary/aromatic N) is 1. The van der Waals surface area contributed by atoms with Crippen LogP contribution in [0.25, 0.3) is 0 Å². The highest BCUT2D eigenvalue weighted by molar-refractivity contribution is 6.05. The van der Waals surface area contributed by atoms with Gasteiger partial charge in [0.05, 0.1) is 11.8 Å². The number of hydrogen-bond acceptors (Lipinski definition) is 3. The Kier molecular flexibility index (Phi) is 3.19. The average molecular weight is 263 g/mol. The van der Waals surface area contributed by atoms with Crippen LogP contribution in [0.15, 0.2) is 0 Å². The van der Waals surface area contributed by atoms with Gasteiger partial charge in [0.2, 0.25) is 11.8 Å². The van der Waals surface area contributed by atoms with Crippen LogP contribution in [0, 0.1) is 23.7 Å². The second kappa shape index (κ2) is 4.73. The van der Waals surface area contributed by atoms with Gasteiger partial charge in [-0.1, -0.05) is 6.92 Å². The van der Waals surface area contributed by atoms with Crippen LogP contribution in [0.2, 0.25) is 0 Å². The lowest BCUT2D eigenvalue weighted by Gasteiger charge is -2.18. The average Bonchev–Trinajstić information content (AvgIpc) is 3.00. The minimum atomic E-state index is -0.0678. The van der Waals surface area contributed by atoms with Crippen LogP contribution in [0.1, 0.15) is 45.4 Å². The van der Waals surface area contributed by atoms with E-state index in [0.29, 0.717) is 31.1 Å². The molecule has 1 saturated heterocycles. The summed E-state index contributed by atoms with van der Waals surface area (Å²) >= 11 is 0. The SMILES string of the molecule is CC1CC2C(=O)N(CCC3CCCC3=O)C(=O)C2C1. The maximum atomic E-state index is 12.2. The van der Waals surface area contributed by atoms with Crippen LogP contribution in [0.3, 0.4) is 0 Å². The summed E-state index contributed by atoms with van der Waals surface area (Å²) in [5.41, 5.74) is 0. The molecule has 2 saturated carbocycles. The van der Waals surface area contributed by atoms with Gasteiger partial charge in [0.1, 0.15) is 5.78 Å². The van der Waals surface area contributed by atoms with Gasteiger partial charge in [-0.2, -0.15) is 0 Å². The number of ketones is 1. The second-order valence-electron chi connectivity index (χ2n) is 6.46. The summed E-state index contributed by atoms with van der Waals surface area (Å²) in [5.74, 6) is 0.785. The fraction of sp³-hybridized carbons (Fsp3) is 0.800.